The third kappa shape index (κ3) is 5.90. The Morgan fingerprint density at radius 2 is 1.55 bits per heavy atom. The average Bonchev–Trinajstić information content (AvgIpc) is 2.70. The molecule has 0 bridgehead atoms. The summed E-state index contributed by atoms with van der Waals surface area (Å²) in [7, 11) is -3.84. The standard InChI is InChI=1S/C22H21ClN2O3S/c1-16-7-11-19(12-8-16)24-22(26)15-21(17-5-3-2-4-6-17)25-29(27,28)20-13-9-18(23)10-14-20/h2-14,21,25H,15H2,1H3,(H,24,26). The summed E-state index contributed by atoms with van der Waals surface area (Å²) in [4.78, 5) is 12.7. The second kappa shape index (κ2) is 9.22. The maximum absolute atomic E-state index is 12.8. The van der Waals surface area contributed by atoms with Gasteiger partial charge in [-0.1, -0.05) is 59.6 Å². The summed E-state index contributed by atoms with van der Waals surface area (Å²) >= 11 is 5.85. The van der Waals surface area contributed by atoms with Gasteiger partial charge < -0.3 is 5.32 Å². The third-order valence-electron chi connectivity index (χ3n) is 4.35. The lowest BCUT2D eigenvalue weighted by Crippen LogP contribution is -2.31. The molecule has 29 heavy (non-hydrogen) atoms. The van der Waals surface area contributed by atoms with Crippen LogP contribution >= 0.6 is 11.6 Å². The van der Waals surface area contributed by atoms with E-state index in [1.165, 1.54) is 24.3 Å². The first kappa shape index (κ1) is 21.0. The predicted molar refractivity (Wildman–Crippen MR) is 115 cm³/mol. The van der Waals surface area contributed by atoms with Gasteiger partial charge in [-0.2, -0.15) is 0 Å². The van der Waals surface area contributed by atoms with Crippen molar-refractivity contribution in [1.82, 2.24) is 4.72 Å². The molecule has 5 nitrogen and oxygen atoms in total. The zero-order chi connectivity index (χ0) is 20.9. The summed E-state index contributed by atoms with van der Waals surface area (Å²) in [6, 6.07) is 21.6. The smallest absolute Gasteiger partial charge is 0.241 e. The molecule has 0 saturated carbocycles. The molecule has 3 aromatic carbocycles. The number of sulfonamides is 1. The number of carbonyl (C=O) groups is 1. The molecule has 0 aliphatic heterocycles. The van der Waals surface area contributed by atoms with Crippen molar-refractivity contribution >= 4 is 33.2 Å². The topological polar surface area (TPSA) is 75.3 Å². The minimum absolute atomic E-state index is 0.0509. The fourth-order valence-corrected chi connectivity index (χ4v) is 4.17. The van der Waals surface area contributed by atoms with Crippen LogP contribution < -0.4 is 10.0 Å². The van der Waals surface area contributed by atoms with Crippen LogP contribution in [0.3, 0.4) is 0 Å². The van der Waals surface area contributed by atoms with E-state index in [9.17, 15) is 13.2 Å². The van der Waals surface area contributed by atoms with Gasteiger partial charge in [0.1, 0.15) is 0 Å². The number of hydrogen-bond acceptors (Lipinski definition) is 3. The number of benzene rings is 3. The quantitative estimate of drug-likeness (QED) is 0.572. The number of amides is 1. The molecule has 1 amide bonds. The van der Waals surface area contributed by atoms with Crippen molar-refractivity contribution < 1.29 is 13.2 Å². The summed E-state index contributed by atoms with van der Waals surface area (Å²) < 4.78 is 28.3. The maximum Gasteiger partial charge on any atom is 0.241 e. The highest BCUT2D eigenvalue weighted by Gasteiger charge is 2.23. The van der Waals surface area contributed by atoms with Crippen LogP contribution in [0.25, 0.3) is 0 Å². The minimum Gasteiger partial charge on any atom is -0.326 e. The molecule has 3 aromatic rings. The van der Waals surface area contributed by atoms with Gasteiger partial charge in [0, 0.05) is 17.1 Å². The molecule has 1 atom stereocenters. The number of halogens is 1. The van der Waals surface area contributed by atoms with Crippen LogP contribution in [0.5, 0.6) is 0 Å². The van der Waals surface area contributed by atoms with Gasteiger partial charge in [-0.3, -0.25) is 4.79 Å². The van der Waals surface area contributed by atoms with Gasteiger partial charge >= 0.3 is 0 Å². The zero-order valence-electron chi connectivity index (χ0n) is 15.8. The molecule has 2 N–H and O–H groups in total. The fraction of sp³-hybridized carbons (Fsp3) is 0.136. The Bertz CT molecular complexity index is 1070. The summed E-state index contributed by atoms with van der Waals surface area (Å²) in [5.41, 5.74) is 2.44. The van der Waals surface area contributed by atoms with Crippen molar-refractivity contribution in [3.63, 3.8) is 0 Å². The number of anilines is 1. The van der Waals surface area contributed by atoms with Crippen LogP contribution in [0.4, 0.5) is 5.69 Å². The highest BCUT2D eigenvalue weighted by atomic mass is 35.5. The highest BCUT2D eigenvalue weighted by Crippen LogP contribution is 2.22. The van der Waals surface area contributed by atoms with Crippen LogP contribution in [0, 0.1) is 6.92 Å². The molecule has 0 radical (unpaired) electrons. The first-order valence-electron chi connectivity index (χ1n) is 9.03. The molecule has 0 spiro atoms. The Morgan fingerprint density at radius 3 is 2.17 bits per heavy atom. The molecule has 3 rings (SSSR count). The summed E-state index contributed by atoms with van der Waals surface area (Å²) in [5, 5.41) is 3.26. The molecule has 0 heterocycles. The van der Waals surface area contributed by atoms with Crippen molar-refractivity contribution in [3.8, 4) is 0 Å². The van der Waals surface area contributed by atoms with Crippen LogP contribution in [-0.2, 0) is 14.8 Å². The molecule has 0 fully saturated rings. The Labute approximate surface area is 175 Å². The number of nitrogens with one attached hydrogen (secondary N) is 2. The Hall–Kier alpha value is -2.67. The van der Waals surface area contributed by atoms with Gasteiger partial charge in [-0.25, -0.2) is 13.1 Å². The van der Waals surface area contributed by atoms with Crippen molar-refractivity contribution in [2.45, 2.75) is 24.3 Å². The van der Waals surface area contributed by atoms with Crippen LogP contribution in [0.15, 0.2) is 83.8 Å². The second-order valence-corrected chi connectivity index (χ2v) is 8.81. The average molecular weight is 429 g/mol. The van der Waals surface area contributed by atoms with Gasteiger partial charge in [-0.05, 0) is 48.9 Å². The first-order valence-corrected chi connectivity index (χ1v) is 10.9. The van der Waals surface area contributed by atoms with E-state index < -0.39 is 16.1 Å². The molecule has 0 saturated heterocycles. The normalized spacial score (nSPS) is 12.3. The van der Waals surface area contributed by atoms with E-state index >= 15 is 0 Å². The van der Waals surface area contributed by atoms with Crippen molar-refractivity contribution in [3.05, 3.63) is 95.0 Å². The van der Waals surface area contributed by atoms with Crippen LogP contribution in [-0.4, -0.2) is 14.3 Å². The lowest BCUT2D eigenvalue weighted by atomic mass is 10.0. The lowest BCUT2D eigenvalue weighted by Gasteiger charge is -2.19. The minimum atomic E-state index is -3.84. The summed E-state index contributed by atoms with van der Waals surface area (Å²) in [5.74, 6) is -0.290. The maximum atomic E-state index is 12.8. The van der Waals surface area contributed by atoms with E-state index in [1.54, 1.807) is 24.3 Å². The van der Waals surface area contributed by atoms with Gasteiger partial charge in [-0.15, -0.1) is 0 Å². The summed E-state index contributed by atoms with van der Waals surface area (Å²) in [6.45, 7) is 1.96. The number of aryl methyl sites for hydroxylation is 1. The van der Waals surface area contributed by atoms with Gasteiger partial charge in [0.15, 0.2) is 0 Å². The molecule has 0 aliphatic rings. The van der Waals surface area contributed by atoms with E-state index in [0.29, 0.717) is 16.3 Å². The Kier molecular flexibility index (Phi) is 6.69. The van der Waals surface area contributed by atoms with Crippen molar-refractivity contribution in [2.24, 2.45) is 0 Å². The van der Waals surface area contributed by atoms with Gasteiger partial charge in [0.05, 0.1) is 10.9 Å². The SMILES string of the molecule is Cc1ccc(NC(=O)CC(NS(=O)(=O)c2ccc(Cl)cc2)c2ccccc2)cc1. The first-order chi connectivity index (χ1) is 13.8. The zero-order valence-corrected chi connectivity index (χ0v) is 17.4. The van der Waals surface area contributed by atoms with E-state index in [2.05, 4.69) is 10.0 Å². The molecular formula is C22H21ClN2O3S. The molecule has 0 aromatic heterocycles. The van der Waals surface area contributed by atoms with E-state index in [1.807, 2.05) is 37.3 Å². The van der Waals surface area contributed by atoms with Crippen LogP contribution in [0.1, 0.15) is 23.6 Å². The van der Waals surface area contributed by atoms with E-state index in [4.69, 9.17) is 11.6 Å². The van der Waals surface area contributed by atoms with E-state index in [0.717, 1.165) is 5.56 Å². The molecule has 7 heteroatoms. The highest BCUT2D eigenvalue weighted by molar-refractivity contribution is 7.89. The summed E-state index contributed by atoms with van der Waals surface area (Å²) in [6.07, 6.45) is -0.0509. The monoisotopic (exact) mass is 428 g/mol. The van der Waals surface area contributed by atoms with Gasteiger partial charge in [0.25, 0.3) is 0 Å². The number of rotatable bonds is 7. The fourth-order valence-electron chi connectivity index (χ4n) is 2.82. The lowest BCUT2D eigenvalue weighted by molar-refractivity contribution is -0.116. The molecular weight excluding hydrogens is 408 g/mol. The van der Waals surface area contributed by atoms with Gasteiger partial charge in [0.2, 0.25) is 15.9 Å². The van der Waals surface area contributed by atoms with Crippen molar-refractivity contribution in [2.75, 3.05) is 5.32 Å². The van der Waals surface area contributed by atoms with Crippen molar-refractivity contribution in [1.29, 1.82) is 0 Å². The van der Waals surface area contributed by atoms with Crippen LogP contribution in [0.2, 0.25) is 5.02 Å². The largest absolute Gasteiger partial charge is 0.326 e. The molecule has 150 valence electrons. The Balaban J connectivity index is 1.80. The Morgan fingerprint density at radius 1 is 0.931 bits per heavy atom. The number of carbonyl (C=O) groups excluding carboxylic acids is 1. The third-order valence-corrected chi connectivity index (χ3v) is 6.09. The molecule has 0 aliphatic carbocycles. The number of hydrogen-bond donors (Lipinski definition) is 2. The molecule has 1 unspecified atom stereocenters. The second-order valence-electron chi connectivity index (χ2n) is 6.66. The van der Waals surface area contributed by atoms with E-state index in [-0.39, 0.29) is 17.2 Å². The predicted octanol–water partition coefficient (Wildman–Crippen LogP) is 4.70.